The van der Waals surface area contributed by atoms with Gasteiger partial charge < -0.3 is 0 Å². The second kappa shape index (κ2) is 4.54. The third-order valence-electron chi connectivity index (χ3n) is 1.37. The van der Waals surface area contributed by atoms with E-state index in [9.17, 15) is 4.79 Å². The first-order valence-electron chi connectivity index (χ1n) is 3.18. The van der Waals surface area contributed by atoms with E-state index in [1.807, 2.05) is 6.07 Å². The Kier molecular flexibility index (Phi) is 4.22. The fourth-order valence-electron chi connectivity index (χ4n) is 0.812. The van der Waals surface area contributed by atoms with Crippen LogP contribution in [-0.2, 0) is 0 Å². The van der Waals surface area contributed by atoms with Gasteiger partial charge in [-0.3, -0.25) is 4.79 Å². The average molecular weight is 498 g/mol. The number of hydrogen-bond donors (Lipinski definition) is 0. The van der Waals surface area contributed by atoms with Crippen LogP contribution in [0.2, 0.25) is 0 Å². The normalized spacial score (nSPS) is 10.0. The molecule has 4 heteroatoms. The number of halogens is 3. The predicted octanol–water partition coefficient (Wildman–Crippen LogP) is 3.70. The van der Waals surface area contributed by atoms with Gasteiger partial charge in [-0.2, -0.15) is 0 Å². The van der Waals surface area contributed by atoms with Crippen molar-refractivity contribution >= 4 is 73.6 Å². The highest BCUT2D eigenvalue weighted by atomic mass is 127. The highest BCUT2D eigenvalue weighted by Crippen LogP contribution is 2.22. The molecule has 0 bridgehead atoms. The van der Waals surface area contributed by atoms with Crippen LogP contribution in [0.3, 0.4) is 0 Å². The molecule has 1 nitrogen and oxygen atoms in total. The summed E-state index contributed by atoms with van der Waals surface area (Å²) in [6.45, 7) is 1.60. The molecular weight excluding hydrogens is 493 g/mol. The molecule has 0 aromatic heterocycles. The quantitative estimate of drug-likeness (QED) is 0.328. The molecule has 0 amide bonds. The molecule has 0 heterocycles. The number of Topliss-reactive ketones (excluding diaryl/α,β-unsaturated/α-hetero) is 1. The molecule has 12 heavy (non-hydrogen) atoms. The first-order valence-corrected chi connectivity index (χ1v) is 6.41. The van der Waals surface area contributed by atoms with Gasteiger partial charge in [-0.1, -0.05) is 0 Å². The first-order chi connectivity index (χ1) is 5.52. The monoisotopic (exact) mass is 498 g/mol. The summed E-state index contributed by atoms with van der Waals surface area (Å²) in [5.74, 6) is 0.135. The SMILES string of the molecule is CC(=O)c1cc(I)cc(I)c1I. The fraction of sp³-hybridized carbons (Fsp3) is 0.125. The summed E-state index contributed by atoms with van der Waals surface area (Å²) in [5.41, 5.74) is 0.826. The number of rotatable bonds is 1. The number of carbonyl (C=O) groups excluding carboxylic acids is 1. The molecule has 1 aromatic rings. The largest absolute Gasteiger partial charge is 0.294 e. The van der Waals surface area contributed by atoms with Gasteiger partial charge in [0.1, 0.15) is 0 Å². The molecule has 0 aliphatic rings. The van der Waals surface area contributed by atoms with E-state index in [0.717, 1.165) is 16.3 Å². The van der Waals surface area contributed by atoms with Crippen LogP contribution >= 0.6 is 67.8 Å². The van der Waals surface area contributed by atoms with Crippen LogP contribution in [0.15, 0.2) is 12.1 Å². The molecule has 0 atom stereocenters. The van der Waals surface area contributed by atoms with Crippen molar-refractivity contribution < 1.29 is 4.79 Å². The summed E-state index contributed by atoms with van der Waals surface area (Å²) >= 11 is 6.67. The van der Waals surface area contributed by atoms with Crippen molar-refractivity contribution in [2.45, 2.75) is 6.92 Å². The zero-order chi connectivity index (χ0) is 9.30. The zero-order valence-corrected chi connectivity index (χ0v) is 12.7. The minimum Gasteiger partial charge on any atom is -0.294 e. The molecule has 0 unspecified atom stereocenters. The second-order valence-electron chi connectivity index (χ2n) is 2.31. The maximum atomic E-state index is 11.2. The van der Waals surface area contributed by atoms with Crippen LogP contribution < -0.4 is 0 Å². The number of hydrogen-bond acceptors (Lipinski definition) is 1. The summed E-state index contributed by atoms with van der Waals surface area (Å²) in [4.78, 5) is 11.2. The van der Waals surface area contributed by atoms with Crippen LogP contribution in [0.25, 0.3) is 0 Å². The van der Waals surface area contributed by atoms with Gasteiger partial charge >= 0.3 is 0 Å². The van der Waals surface area contributed by atoms with Crippen molar-refractivity contribution in [3.63, 3.8) is 0 Å². The lowest BCUT2D eigenvalue weighted by atomic mass is 10.2. The van der Waals surface area contributed by atoms with E-state index in [1.165, 1.54) is 0 Å². The summed E-state index contributed by atoms with van der Waals surface area (Å²) in [6, 6.07) is 3.99. The maximum absolute atomic E-state index is 11.2. The number of benzene rings is 1. The molecule has 1 aromatic carbocycles. The molecule has 0 saturated carbocycles. The minimum atomic E-state index is 0.135. The van der Waals surface area contributed by atoms with E-state index in [4.69, 9.17) is 0 Å². The molecule has 0 aliphatic carbocycles. The summed E-state index contributed by atoms with van der Waals surface area (Å²) in [7, 11) is 0. The molecule has 1 rings (SSSR count). The van der Waals surface area contributed by atoms with E-state index < -0.39 is 0 Å². The van der Waals surface area contributed by atoms with Crippen molar-refractivity contribution in [1.29, 1.82) is 0 Å². The topological polar surface area (TPSA) is 17.1 Å². The average Bonchev–Trinajstić information content (AvgIpc) is 1.96. The lowest BCUT2D eigenvalue weighted by Crippen LogP contribution is -1.98. The Morgan fingerprint density at radius 2 is 1.83 bits per heavy atom. The summed E-state index contributed by atoms with van der Waals surface area (Å²) in [6.07, 6.45) is 0. The predicted molar refractivity (Wildman–Crippen MR) is 74.6 cm³/mol. The fourth-order valence-corrected chi connectivity index (χ4v) is 3.35. The maximum Gasteiger partial charge on any atom is 0.160 e. The van der Waals surface area contributed by atoms with Crippen LogP contribution in [0.5, 0.6) is 0 Å². The van der Waals surface area contributed by atoms with Gasteiger partial charge in [-0.25, -0.2) is 0 Å². The molecule has 0 aliphatic heterocycles. The van der Waals surface area contributed by atoms with Crippen molar-refractivity contribution in [3.8, 4) is 0 Å². The molecule has 0 spiro atoms. The van der Waals surface area contributed by atoms with Gasteiger partial charge in [0.2, 0.25) is 0 Å². The Hall–Kier alpha value is 1.08. The third-order valence-corrected chi connectivity index (χ3v) is 5.04. The van der Waals surface area contributed by atoms with Crippen molar-refractivity contribution in [3.05, 3.63) is 28.4 Å². The Balaban J connectivity index is 3.37. The van der Waals surface area contributed by atoms with Gasteiger partial charge in [-0.15, -0.1) is 0 Å². The first kappa shape index (κ1) is 11.2. The van der Waals surface area contributed by atoms with Crippen LogP contribution in [-0.4, -0.2) is 5.78 Å². The summed E-state index contributed by atoms with van der Waals surface area (Å²) < 4.78 is 3.31. The van der Waals surface area contributed by atoms with Crippen molar-refractivity contribution in [2.24, 2.45) is 0 Å². The van der Waals surface area contributed by atoms with Crippen molar-refractivity contribution in [1.82, 2.24) is 0 Å². The number of ketones is 1. The molecule has 0 saturated heterocycles. The van der Waals surface area contributed by atoms with E-state index in [0.29, 0.717) is 0 Å². The van der Waals surface area contributed by atoms with Crippen molar-refractivity contribution in [2.75, 3.05) is 0 Å². The Labute approximate surface area is 112 Å². The molecule has 0 radical (unpaired) electrons. The van der Waals surface area contributed by atoms with Gasteiger partial charge in [0.05, 0.1) is 0 Å². The standard InChI is InChI=1S/C8H5I3O/c1-4(12)6-2-5(9)3-7(10)8(6)11/h2-3H,1H3. The highest BCUT2D eigenvalue weighted by molar-refractivity contribution is 14.1. The van der Waals surface area contributed by atoms with Crippen LogP contribution in [0.1, 0.15) is 17.3 Å². The zero-order valence-electron chi connectivity index (χ0n) is 6.20. The van der Waals surface area contributed by atoms with E-state index in [2.05, 4.69) is 73.8 Å². The van der Waals surface area contributed by atoms with E-state index >= 15 is 0 Å². The van der Waals surface area contributed by atoms with Gasteiger partial charge in [0.25, 0.3) is 0 Å². The lowest BCUT2D eigenvalue weighted by molar-refractivity contribution is 0.101. The number of carbonyl (C=O) groups is 1. The van der Waals surface area contributed by atoms with Gasteiger partial charge in [0.15, 0.2) is 5.78 Å². The Bertz CT molecular complexity index is 333. The molecule has 0 N–H and O–H groups in total. The lowest BCUT2D eigenvalue weighted by Gasteiger charge is -2.03. The second-order valence-corrected chi connectivity index (χ2v) is 5.79. The third kappa shape index (κ3) is 2.53. The Morgan fingerprint density at radius 3 is 2.33 bits per heavy atom. The van der Waals surface area contributed by atoms with Gasteiger partial charge in [-0.05, 0) is 86.8 Å². The minimum absolute atomic E-state index is 0.135. The van der Waals surface area contributed by atoms with Crippen LogP contribution in [0.4, 0.5) is 0 Å². The summed E-state index contributed by atoms with van der Waals surface area (Å²) in [5, 5.41) is 0. The van der Waals surface area contributed by atoms with E-state index in [-0.39, 0.29) is 5.78 Å². The smallest absolute Gasteiger partial charge is 0.160 e. The molecule has 64 valence electrons. The Morgan fingerprint density at radius 1 is 1.25 bits per heavy atom. The molecular formula is C8H5I3O. The highest BCUT2D eigenvalue weighted by Gasteiger charge is 2.08. The molecule has 0 fully saturated rings. The van der Waals surface area contributed by atoms with E-state index in [1.54, 1.807) is 6.92 Å². The van der Waals surface area contributed by atoms with Gasteiger partial charge in [0, 0.05) is 16.3 Å². The van der Waals surface area contributed by atoms with Crippen LogP contribution in [0, 0.1) is 10.7 Å².